The van der Waals surface area contributed by atoms with Gasteiger partial charge in [0.2, 0.25) is 0 Å². The summed E-state index contributed by atoms with van der Waals surface area (Å²) in [5, 5.41) is 10.7. The van der Waals surface area contributed by atoms with E-state index in [9.17, 15) is 14.7 Å². The molecule has 4 fully saturated rings. The van der Waals surface area contributed by atoms with Crippen molar-refractivity contribution in [2.75, 3.05) is 0 Å². The molecule has 5 rings (SSSR count). The first-order chi connectivity index (χ1) is 24.2. The molecule has 51 heavy (non-hydrogen) atoms. The van der Waals surface area contributed by atoms with Gasteiger partial charge in [-0.3, -0.25) is 9.59 Å². The van der Waals surface area contributed by atoms with Gasteiger partial charge < -0.3 is 9.84 Å². The molecule has 0 aromatic heterocycles. The third-order valence-electron chi connectivity index (χ3n) is 17.4. The summed E-state index contributed by atoms with van der Waals surface area (Å²) in [6.45, 7) is 19.5. The number of carbonyl (C=O) groups is 2. The maximum Gasteiger partial charge on any atom is 0.310 e. The van der Waals surface area contributed by atoms with Gasteiger partial charge in [-0.05, 0) is 110 Å². The molecule has 292 valence electrons. The zero-order chi connectivity index (χ0) is 37.1. The van der Waals surface area contributed by atoms with Crippen LogP contribution < -0.4 is 0 Å². The maximum atomic E-state index is 13.2. The lowest BCUT2D eigenvalue weighted by Crippen LogP contribution is -2.65. The number of hydrogen-bond donors (Lipinski definition) is 1. The van der Waals surface area contributed by atoms with E-state index < -0.39 is 11.4 Å². The van der Waals surface area contributed by atoms with Gasteiger partial charge in [0.15, 0.2) is 0 Å². The average Bonchev–Trinajstić information content (AvgIpc) is 3.08. The van der Waals surface area contributed by atoms with E-state index in [4.69, 9.17) is 4.74 Å². The summed E-state index contributed by atoms with van der Waals surface area (Å²) in [7, 11) is 0. The predicted molar refractivity (Wildman–Crippen MR) is 211 cm³/mol. The molecule has 4 heteroatoms. The van der Waals surface area contributed by atoms with Crippen LogP contribution >= 0.6 is 0 Å². The van der Waals surface area contributed by atoms with E-state index in [-0.39, 0.29) is 39.7 Å². The normalized spacial score (nSPS) is 39.9. The number of rotatable bonds is 17. The minimum Gasteiger partial charge on any atom is -0.481 e. The Morgan fingerprint density at radius 3 is 1.90 bits per heavy atom. The van der Waals surface area contributed by atoms with Crippen LogP contribution in [-0.4, -0.2) is 23.1 Å². The number of carboxylic acid groups (broad SMARTS) is 1. The Morgan fingerprint density at radius 1 is 0.725 bits per heavy atom. The van der Waals surface area contributed by atoms with Crippen LogP contribution in [0, 0.1) is 56.7 Å². The first-order valence-electron chi connectivity index (χ1n) is 22.3. The van der Waals surface area contributed by atoms with Crippen molar-refractivity contribution < 1.29 is 19.4 Å². The van der Waals surface area contributed by atoms with Crippen LogP contribution in [0.5, 0.6) is 0 Å². The van der Waals surface area contributed by atoms with E-state index in [1.807, 2.05) is 0 Å². The van der Waals surface area contributed by atoms with Crippen molar-refractivity contribution in [3.05, 3.63) is 11.6 Å². The summed E-state index contributed by atoms with van der Waals surface area (Å²) >= 11 is 0. The number of ether oxygens (including phenoxy) is 1. The molecule has 0 aliphatic heterocycles. The number of unbranched alkanes of at least 4 members (excludes halogenated alkanes) is 13. The molecule has 4 saturated carbocycles. The summed E-state index contributed by atoms with van der Waals surface area (Å²) in [6, 6.07) is 0. The number of allylic oxidation sites excluding steroid dienone is 2. The number of carbonyl (C=O) groups excluding carboxylic acids is 1. The molecular weight excluding hydrogens is 629 g/mol. The quantitative estimate of drug-likeness (QED) is 0.0928. The van der Waals surface area contributed by atoms with Crippen LogP contribution in [0.4, 0.5) is 0 Å². The van der Waals surface area contributed by atoms with Gasteiger partial charge in [0, 0.05) is 11.8 Å². The fraction of sp³-hybridized carbons (Fsp3) is 0.915. The number of esters is 1. The fourth-order valence-corrected chi connectivity index (χ4v) is 13.7. The zero-order valence-corrected chi connectivity index (χ0v) is 34.7. The summed E-state index contributed by atoms with van der Waals surface area (Å²) in [6.07, 6.45) is 30.9. The van der Waals surface area contributed by atoms with E-state index in [1.165, 1.54) is 95.5 Å². The highest BCUT2D eigenvalue weighted by Crippen LogP contribution is 2.76. The molecular formula is C47H80O4. The highest BCUT2D eigenvalue weighted by molar-refractivity contribution is 5.76. The Morgan fingerprint density at radius 2 is 1.31 bits per heavy atom. The predicted octanol–water partition coefficient (Wildman–Crippen LogP) is 13.5. The molecule has 4 nitrogen and oxygen atoms in total. The summed E-state index contributed by atoms with van der Waals surface area (Å²) in [4.78, 5) is 26.2. The second-order valence-corrected chi connectivity index (χ2v) is 20.3. The van der Waals surface area contributed by atoms with Crippen molar-refractivity contribution in [2.24, 2.45) is 56.7 Å². The molecule has 1 N–H and O–H groups in total. The molecule has 5 aliphatic carbocycles. The molecule has 0 aromatic rings. The Balaban J connectivity index is 1.13. The molecule has 0 radical (unpaired) electrons. The summed E-state index contributed by atoms with van der Waals surface area (Å²) in [5.74, 6) is 1.69. The molecule has 0 amide bonds. The highest BCUT2D eigenvalue weighted by Gasteiger charge is 2.69. The van der Waals surface area contributed by atoms with Crippen molar-refractivity contribution in [2.45, 2.75) is 216 Å². The molecule has 0 saturated heterocycles. The van der Waals surface area contributed by atoms with Gasteiger partial charge in [0.25, 0.3) is 0 Å². The monoisotopic (exact) mass is 709 g/mol. The Labute approximate surface area is 314 Å². The minimum atomic E-state index is -0.585. The Bertz CT molecular complexity index is 1220. The molecule has 10 atom stereocenters. The average molecular weight is 709 g/mol. The number of aliphatic carboxylic acids is 1. The van der Waals surface area contributed by atoms with E-state index >= 15 is 0 Å². The summed E-state index contributed by atoms with van der Waals surface area (Å²) in [5.41, 5.74) is 1.26. The third kappa shape index (κ3) is 7.66. The van der Waals surface area contributed by atoms with Crippen LogP contribution in [0.15, 0.2) is 11.6 Å². The van der Waals surface area contributed by atoms with Crippen LogP contribution in [0.1, 0.15) is 209 Å². The topological polar surface area (TPSA) is 63.6 Å². The molecule has 5 aliphatic rings. The zero-order valence-electron chi connectivity index (χ0n) is 34.7. The van der Waals surface area contributed by atoms with E-state index in [0.717, 1.165) is 57.8 Å². The number of hydrogen-bond acceptors (Lipinski definition) is 3. The second kappa shape index (κ2) is 16.6. The van der Waals surface area contributed by atoms with Crippen LogP contribution in [0.3, 0.4) is 0 Å². The van der Waals surface area contributed by atoms with Gasteiger partial charge in [-0.2, -0.15) is 0 Å². The van der Waals surface area contributed by atoms with Gasteiger partial charge >= 0.3 is 11.9 Å². The van der Waals surface area contributed by atoms with Crippen molar-refractivity contribution in [3.8, 4) is 0 Å². The Hall–Kier alpha value is -1.32. The third-order valence-corrected chi connectivity index (χ3v) is 17.4. The van der Waals surface area contributed by atoms with Crippen molar-refractivity contribution >= 4 is 11.9 Å². The highest BCUT2D eigenvalue weighted by atomic mass is 16.5. The molecule has 0 heterocycles. The van der Waals surface area contributed by atoms with Crippen molar-refractivity contribution in [3.63, 3.8) is 0 Å². The van der Waals surface area contributed by atoms with Gasteiger partial charge in [-0.15, -0.1) is 0 Å². The molecule has 0 aromatic carbocycles. The van der Waals surface area contributed by atoms with Gasteiger partial charge in [0.1, 0.15) is 6.10 Å². The fourth-order valence-electron chi connectivity index (χ4n) is 13.7. The van der Waals surface area contributed by atoms with Crippen LogP contribution in [-0.2, 0) is 14.3 Å². The smallest absolute Gasteiger partial charge is 0.310 e. The second-order valence-electron chi connectivity index (χ2n) is 20.3. The summed E-state index contributed by atoms with van der Waals surface area (Å²) < 4.78 is 6.39. The lowest BCUT2D eigenvalue weighted by atomic mass is 9.33. The largest absolute Gasteiger partial charge is 0.481 e. The lowest BCUT2D eigenvalue weighted by molar-refractivity contribution is -0.214. The molecule has 0 spiro atoms. The van der Waals surface area contributed by atoms with Crippen LogP contribution in [0.2, 0.25) is 0 Å². The van der Waals surface area contributed by atoms with Crippen molar-refractivity contribution in [1.29, 1.82) is 0 Å². The first-order valence-corrected chi connectivity index (χ1v) is 22.3. The molecule has 0 bridgehead atoms. The number of carboxylic acids is 1. The van der Waals surface area contributed by atoms with E-state index in [1.54, 1.807) is 0 Å². The van der Waals surface area contributed by atoms with Gasteiger partial charge in [-0.25, -0.2) is 0 Å². The number of fused-ring (bicyclic) bond motifs is 7. The van der Waals surface area contributed by atoms with Crippen LogP contribution in [0.25, 0.3) is 0 Å². The van der Waals surface area contributed by atoms with Gasteiger partial charge in [0.05, 0.1) is 5.41 Å². The van der Waals surface area contributed by atoms with E-state index in [2.05, 4.69) is 61.5 Å². The SMILES string of the molecule is CCCCCCCCCCCCCCCCC(=O)O[C@H]1CC[C@]2(C)[C@H]3CC=C4[C@@H]5[C@@H](C)[C@H](C)CC[C@]5(C(=O)O)CC[C@@]4(C)[C@]3(C)CC[C@H]2C1(C)C. The van der Waals surface area contributed by atoms with E-state index in [0.29, 0.717) is 30.1 Å². The standard InChI is InChI=1S/C47H80O4/c1-9-10-11-12-13-14-15-16-17-18-19-20-21-22-23-40(48)51-39-28-29-44(6)37(43(39,4)5)27-30-46(8)38(44)25-24-36-41-35(3)34(2)26-31-47(41,42(49)50)33-32-45(36,46)7/h24,34-35,37-39,41H,9-23,25-33H2,1-8H3,(H,49,50)/t34-,35+,37+,38-,39+,41+,44+,45-,46-,47+/m1/s1. The molecule has 0 unspecified atom stereocenters. The maximum absolute atomic E-state index is 13.2. The minimum absolute atomic E-state index is 0.000189. The first kappa shape index (κ1) is 40.9. The van der Waals surface area contributed by atoms with Crippen molar-refractivity contribution in [1.82, 2.24) is 0 Å². The Kier molecular flexibility index (Phi) is 13.3. The lowest BCUT2D eigenvalue weighted by Gasteiger charge is -2.71. The van der Waals surface area contributed by atoms with Gasteiger partial charge in [-0.1, -0.05) is 151 Å².